The van der Waals surface area contributed by atoms with Crippen LogP contribution < -0.4 is 20.5 Å². The third-order valence-electron chi connectivity index (χ3n) is 3.36. The summed E-state index contributed by atoms with van der Waals surface area (Å²) in [5.41, 5.74) is 6.28. The number of hydrogen-bond donors (Lipinski definition) is 2. The van der Waals surface area contributed by atoms with E-state index in [1.165, 1.54) is 33.5 Å². The van der Waals surface area contributed by atoms with Crippen LogP contribution in [0.4, 0.5) is 5.69 Å². The third-order valence-corrected chi connectivity index (χ3v) is 3.36. The van der Waals surface area contributed by atoms with Gasteiger partial charge in [0.25, 0.3) is 0 Å². The minimum atomic E-state index is -0.545. The number of carbonyl (C=O) groups is 2. The number of amides is 1. The fourth-order valence-electron chi connectivity index (χ4n) is 1.78. The second-order valence-electron chi connectivity index (χ2n) is 4.89. The van der Waals surface area contributed by atoms with Gasteiger partial charge in [-0.2, -0.15) is 0 Å². The predicted molar refractivity (Wildman–Crippen MR) is 89.6 cm³/mol. The molecule has 23 heavy (non-hydrogen) atoms. The number of nitrogens with one attached hydrogen (secondary N) is 1. The molecule has 7 nitrogen and oxygen atoms in total. The third kappa shape index (κ3) is 5.01. The Kier molecular flexibility index (Phi) is 8.42. The van der Waals surface area contributed by atoms with Gasteiger partial charge in [0, 0.05) is 6.04 Å². The van der Waals surface area contributed by atoms with E-state index < -0.39 is 11.9 Å². The van der Waals surface area contributed by atoms with Crippen LogP contribution in [0.5, 0.6) is 11.5 Å². The molecular weight excluding hydrogens is 324 g/mol. The molecular formula is C15H23ClN2O5. The molecule has 2 unspecified atom stereocenters. The van der Waals surface area contributed by atoms with Crippen LogP contribution in [-0.2, 0) is 9.53 Å². The van der Waals surface area contributed by atoms with Crippen LogP contribution >= 0.6 is 12.4 Å². The highest BCUT2D eigenvalue weighted by Crippen LogP contribution is 2.37. The Bertz CT molecular complexity index is 563. The van der Waals surface area contributed by atoms with Crippen molar-refractivity contribution in [3.8, 4) is 11.5 Å². The Morgan fingerprint density at radius 2 is 1.74 bits per heavy atom. The molecule has 0 heterocycles. The summed E-state index contributed by atoms with van der Waals surface area (Å²) in [4.78, 5) is 23.9. The van der Waals surface area contributed by atoms with Crippen LogP contribution in [-0.4, -0.2) is 39.2 Å². The molecule has 0 aliphatic rings. The lowest BCUT2D eigenvalue weighted by atomic mass is 10.0. The Balaban J connectivity index is 0.00000484. The summed E-state index contributed by atoms with van der Waals surface area (Å²) in [5.74, 6) is -0.596. The van der Waals surface area contributed by atoms with E-state index >= 15 is 0 Å². The van der Waals surface area contributed by atoms with E-state index in [0.29, 0.717) is 17.2 Å². The van der Waals surface area contributed by atoms with Gasteiger partial charge in [-0.1, -0.05) is 6.92 Å². The van der Waals surface area contributed by atoms with Crippen molar-refractivity contribution in [1.82, 2.24) is 0 Å². The Hall–Kier alpha value is -1.99. The topological polar surface area (TPSA) is 99.9 Å². The van der Waals surface area contributed by atoms with Gasteiger partial charge < -0.3 is 25.3 Å². The first-order valence-corrected chi connectivity index (χ1v) is 6.76. The molecule has 0 aromatic heterocycles. The van der Waals surface area contributed by atoms with Crippen molar-refractivity contribution in [2.24, 2.45) is 11.7 Å². The van der Waals surface area contributed by atoms with Crippen LogP contribution in [0.1, 0.15) is 24.2 Å². The lowest BCUT2D eigenvalue weighted by Gasteiger charge is -2.18. The molecule has 1 aromatic rings. The number of methoxy groups -OCH3 is 3. The van der Waals surface area contributed by atoms with Crippen molar-refractivity contribution < 1.29 is 23.8 Å². The number of anilines is 1. The molecule has 130 valence electrons. The average molecular weight is 347 g/mol. The quantitative estimate of drug-likeness (QED) is 0.762. The summed E-state index contributed by atoms with van der Waals surface area (Å²) in [5, 5.41) is 2.70. The maximum absolute atomic E-state index is 12.2. The highest BCUT2D eigenvalue weighted by molar-refractivity contribution is 5.98. The summed E-state index contributed by atoms with van der Waals surface area (Å²) in [7, 11) is 4.16. The zero-order valence-corrected chi connectivity index (χ0v) is 14.7. The normalized spacial score (nSPS) is 12.4. The molecule has 1 aromatic carbocycles. The first kappa shape index (κ1) is 21.0. The monoisotopic (exact) mass is 346 g/mol. The highest BCUT2D eigenvalue weighted by atomic mass is 35.5. The molecule has 0 radical (unpaired) electrons. The lowest BCUT2D eigenvalue weighted by molar-refractivity contribution is -0.119. The number of esters is 1. The van der Waals surface area contributed by atoms with Gasteiger partial charge in [-0.15, -0.1) is 12.4 Å². The number of hydrogen-bond acceptors (Lipinski definition) is 6. The smallest absolute Gasteiger partial charge is 0.338 e. The minimum Gasteiger partial charge on any atom is -0.493 e. The van der Waals surface area contributed by atoms with E-state index in [1.54, 1.807) is 13.8 Å². The van der Waals surface area contributed by atoms with Gasteiger partial charge in [-0.25, -0.2) is 4.79 Å². The first-order chi connectivity index (χ1) is 10.3. The van der Waals surface area contributed by atoms with E-state index in [9.17, 15) is 9.59 Å². The van der Waals surface area contributed by atoms with Gasteiger partial charge in [0.2, 0.25) is 5.91 Å². The molecule has 0 spiro atoms. The summed E-state index contributed by atoms with van der Waals surface area (Å²) in [6.07, 6.45) is 0. The summed E-state index contributed by atoms with van der Waals surface area (Å²) < 4.78 is 15.1. The van der Waals surface area contributed by atoms with Gasteiger partial charge in [-0.3, -0.25) is 4.79 Å². The highest BCUT2D eigenvalue weighted by Gasteiger charge is 2.22. The maximum Gasteiger partial charge on any atom is 0.338 e. The van der Waals surface area contributed by atoms with E-state index in [-0.39, 0.29) is 29.9 Å². The van der Waals surface area contributed by atoms with E-state index in [0.717, 1.165) is 0 Å². The van der Waals surface area contributed by atoms with Crippen molar-refractivity contribution in [2.75, 3.05) is 26.6 Å². The van der Waals surface area contributed by atoms with Crippen molar-refractivity contribution >= 4 is 30.0 Å². The molecule has 0 aliphatic heterocycles. The second-order valence-corrected chi connectivity index (χ2v) is 4.89. The molecule has 3 N–H and O–H groups in total. The first-order valence-electron chi connectivity index (χ1n) is 6.76. The molecule has 0 aliphatic carbocycles. The van der Waals surface area contributed by atoms with Gasteiger partial charge >= 0.3 is 5.97 Å². The Labute approximate surface area is 141 Å². The number of rotatable bonds is 6. The van der Waals surface area contributed by atoms with Crippen molar-refractivity contribution in [2.45, 2.75) is 19.9 Å². The molecule has 1 amide bonds. The Morgan fingerprint density at radius 3 is 2.17 bits per heavy atom. The maximum atomic E-state index is 12.2. The van der Waals surface area contributed by atoms with Gasteiger partial charge in [0.1, 0.15) is 0 Å². The van der Waals surface area contributed by atoms with E-state index in [4.69, 9.17) is 15.2 Å². The van der Waals surface area contributed by atoms with Gasteiger partial charge in [-0.05, 0) is 19.1 Å². The number of benzene rings is 1. The fraction of sp³-hybridized carbons (Fsp3) is 0.467. The largest absolute Gasteiger partial charge is 0.493 e. The van der Waals surface area contributed by atoms with Crippen LogP contribution in [0.15, 0.2) is 12.1 Å². The predicted octanol–water partition coefficient (Wildman–Crippen LogP) is 1.83. The van der Waals surface area contributed by atoms with E-state index in [2.05, 4.69) is 10.1 Å². The SMILES string of the molecule is COC(=O)c1cc(NC(=O)C(C)C(C)N)c(OC)c(OC)c1.Cl. The fourth-order valence-corrected chi connectivity index (χ4v) is 1.78. The number of nitrogens with two attached hydrogens (primary N) is 1. The summed E-state index contributed by atoms with van der Waals surface area (Å²) in [6, 6.07) is 2.64. The molecule has 0 saturated heterocycles. The van der Waals surface area contributed by atoms with Crippen LogP contribution in [0.3, 0.4) is 0 Å². The molecule has 0 bridgehead atoms. The molecule has 8 heteroatoms. The zero-order chi connectivity index (χ0) is 16.9. The van der Waals surface area contributed by atoms with Crippen molar-refractivity contribution in [3.63, 3.8) is 0 Å². The number of ether oxygens (including phenoxy) is 3. The zero-order valence-electron chi connectivity index (χ0n) is 13.8. The van der Waals surface area contributed by atoms with E-state index in [1.807, 2.05) is 0 Å². The standard InChI is InChI=1S/C15H22N2O5.ClH/c1-8(9(2)16)14(18)17-11-6-10(15(19)22-5)7-12(20-3)13(11)21-4;/h6-9H,16H2,1-5H3,(H,17,18);1H. The number of carbonyl (C=O) groups excluding carboxylic acids is 2. The summed E-state index contributed by atoms with van der Waals surface area (Å²) in [6.45, 7) is 3.46. The van der Waals surface area contributed by atoms with Crippen molar-refractivity contribution in [3.05, 3.63) is 17.7 Å². The van der Waals surface area contributed by atoms with Crippen LogP contribution in [0, 0.1) is 5.92 Å². The molecule has 2 atom stereocenters. The number of halogens is 1. The average Bonchev–Trinajstić information content (AvgIpc) is 2.51. The molecule has 0 fully saturated rings. The lowest BCUT2D eigenvalue weighted by Crippen LogP contribution is -2.34. The van der Waals surface area contributed by atoms with Gasteiger partial charge in [0.15, 0.2) is 11.5 Å². The minimum absolute atomic E-state index is 0. The van der Waals surface area contributed by atoms with Gasteiger partial charge in [0.05, 0.1) is 38.5 Å². The van der Waals surface area contributed by atoms with Crippen molar-refractivity contribution in [1.29, 1.82) is 0 Å². The molecule has 0 saturated carbocycles. The van der Waals surface area contributed by atoms with Crippen LogP contribution in [0.25, 0.3) is 0 Å². The molecule has 1 rings (SSSR count). The second kappa shape index (κ2) is 9.22. The summed E-state index contributed by atoms with van der Waals surface area (Å²) >= 11 is 0. The Morgan fingerprint density at radius 1 is 1.13 bits per heavy atom. The van der Waals surface area contributed by atoms with Crippen LogP contribution in [0.2, 0.25) is 0 Å².